The van der Waals surface area contributed by atoms with Crippen molar-refractivity contribution in [2.45, 2.75) is 19.8 Å². The van der Waals surface area contributed by atoms with E-state index in [1.807, 2.05) is 13.0 Å². The third kappa shape index (κ3) is 4.04. The second-order valence-electron chi connectivity index (χ2n) is 6.34. The first-order valence-corrected chi connectivity index (χ1v) is 8.68. The number of ether oxygens (including phenoxy) is 2. The van der Waals surface area contributed by atoms with E-state index in [2.05, 4.69) is 20.2 Å². The van der Waals surface area contributed by atoms with Crippen molar-refractivity contribution in [1.29, 1.82) is 0 Å². The quantitative estimate of drug-likeness (QED) is 0.888. The largest absolute Gasteiger partial charge is 0.497 e. The number of benzene rings is 1. The predicted molar refractivity (Wildman–Crippen MR) is 99.9 cm³/mol. The fraction of sp³-hybridized carbons (Fsp3) is 0.421. The SMILES string of the molecule is COc1ccc(OC)c(NC(=O)[C@@H]2CCCN(c3nccc(C)n3)C2)c1. The first kappa shape index (κ1) is 18.0. The van der Waals surface area contributed by atoms with Gasteiger partial charge in [0.05, 0.1) is 25.8 Å². The molecule has 0 radical (unpaired) electrons. The molecule has 138 valence electrons. The summed E-state index contributed by atoms with van der Waals surface area (Å²) in [5, 5.41) is 2.98. The highest BCUT2D eigenvalue weighted by atomic mass is 16.5. The van der Waals surface area contributed by atoms with Gasteiger partial charge >= 0.3 is 0 Å². The van der Waals surface area contributed by atoms with Gasteiger partial charge in [-0.3, -0.25) is 4.79 Å². The van der Waals surface area contributed by atoms with Gasteiger partial charge in [-0.05, 0) is 38.0 Å². The molecule has 0 spiro atoms. The number of anilines is 2. The summed E-state index contributed by atoms with van der Waals surface area (Å²) in [6.45, 7) is 3.39. The Morgan fingerprint density at radius 1 is 1.27 bits per heavy atom. The van der Waals surface area contributed by atoms with Crippen molar-refractivity contribution >= 4 is 17.5 Å². The van der Waals surface area contributed by atoms with Crippen LogP contribution >= 0.6 is 0 Å². The van der Waals surface area contributed by atoms with Crippen LogP contribution in [0.5, 0.6) is 11.5 Å². The van der Waals surface area contributed by atoms with Crippen LogP contribution in [-0.2, 0) is 4.79 Å². The molecule has 1 aliphatic heterocycles. The fourth-order valence-electron chi connectivity index (χ4n) is 3.11. The molecule has 1 N–H and O–H groups in total. The second-order valence-corrected chi connectivity index (χ2v) is 6.34. The molecule has 2 heterocycles. The van der Waals surface area contributed by atoms with Crippen LogP contribution in [0.3, 0.4) is 0 Å². The monoisotopic (exact) mass is 356 g/mol. The number of carbonyl (C=O) groups excluding carboxylic acids is 1. The normalized spacial score (nSPS) is 16.9. The minimum atomic E-state index is -0.135. The van der Waals surface area contributed by atoms with E-state index in [9.17, 15) is 4.79 Å². The summed E-state index contributed by atoms with van der Waals surface area (Å²) >= 11 is 0. The van der Waals surface area contributed by atoms with Crippen molar-refractivity contribution in [2.75, 3.05) is 37.5 Å². The van der Waals surface area contributed by atoms with E-state index in [0.29, 0.717) is 29.7 Å². The zero-order valence-corrected chi connectivity index (χ0v) is 15.4. The maximum Gasteiger partial charge on any atom is 0.229 e. The van der Waals surface area contributed by atoms with Crippen LogP contribution in [0, 0.1) is 12.8 Å². The highest BCUT2D eigenvalue weighted by Crippen LogP contribution is 2.30. The van der Waals surface area contributed by atoms with Crippen LogP contribution in [0.4, 0.5) is 11.6 Å². The van der Waals surface area contributed by atoms with Crippen molar-refractivity contribution in [3.8, 4) is 11.5 Å². The van der Waals surface area contributed by atoms with Crippen LogP contribution in [0.15, 0.2) is 30.5 Å². The predicted octanol–water partition coefficient (Wildman–Crippen LogP) is 2.66. The number of nitrogens with zero attached hydrogens (tertiary/aromatic N) is 3. The zero-order chi connectivity index (χ0) is 18.5. The molecule has 2 aromatic rings. The van der Waals surface area contributed by atoms with Crippen molar-refractivity contribution < 1.29 is 14.3 Å². The molecule has 26 heavy (non-hydrogen) atoms. The zero-order valence-electron chi connectivity index (χ0n) is 15.4. The molecule has 0 aliphatic carbocycles. The smallest absolute Gasteiger partial charge is 0.229 e. The van der Waals surface area contributed by atoms with Crippen LogP contribution in [0.2, 0.25) is 0 Å². The Balaban J connectivity index is 1.72. The minimum Gasteiger partial charge on any atom is -0.497 e. The Labute approximate surface area is 153 Å². The number of carbonyl (C=O) groups is 1. The first-order chi connectivity index (χ1) is 12.6. The topological polar surface area (TPSA) is 76.6 Å². The Bertz CT molecular complexity index is 781. The summed E-state index contributed by atoms with van der Waals surface area (Å²) < 4.78 is 10.6. The lowest BCUT2D eigenvalue weighted by atomic mass is 9.97. The summed E-state index contributed by atoms with van der Waals surface area (Å²) in [6, 6.07) is 7.21. The van der Waals surface area contributed by atoms with Crippen LogP contribution < -0.4 is 19.7 Å². The summed E-state index contributed by atoms with van der Waals surface area (Å²) in [4.78, 5) is 23.7. The molecule has 1 atom stereocenters. The summed E-state index contributed by atoms with van der Waals surface area (Å²) in [7, 11) is 3.17. The molecule has 0 bridgehead atoms. The Morgan fingerprint density at radius 3 is 2.85 bits per heavy atom. The van der Waals surface area contributed by atoms with E-state index in [0.717, 1.165) is 25.1 Å². The number of aryl methyl sites for hydroxylation is 1. The van der Waals surface area contributed by atoms with Gasteiger partial charge in [-0.2, -0.15) is 0 Å². The van der Waals surface area contributed by atoms with Crippen LogP contribution in [0.1, 0.15) is 18.5 Å². The molecule has 7 heteroatoms. The van der Waals surface area contributed by atoms with Gasteiger partial charge < -0.3 is 19.7 Å². The molecule has 0 unspecified atom stereocenters. The average Bonchev–Trinajstić information content (AvgIpc) is 2.68. The highest BCUT2D eigenvalue weighted by Gasteiger charge is 2.27. The van der Waals surface area contributed by atoms with Crippen LogP contribution in [-0.4, -0.2) is 43.2 Å². The summed E-state index contributed by atoms with van der Waals surface area (Å²) in [5.41, 5.74) is 1.53. The molecule has 1 fully saturated rings. The number of piperidine rings is 1. The van der Waals surface area contributed by atoms with Gasteiger partial charge in [0.2, 0.25) is 11.9 Å². The van der Waals surface area contributed by atoms with Crippen molar-refractivity contribution in [3.05, 3.63) is 36.2 Å². The second kappa shape index (κ2) is 8.03. The lowest BCUT2D eigenvalue weighted by molar-refractivity contribution is -0.120. The van der Waals surface area contributed by atoms with Gasteiger partial charge in [0.25, 0.3) is 0 Å². The Morgan fingerprint density at radius 2 is 2.12 bits per heavy atom. The maximum absolute atomic E-state index is 12.8. The number of nitrogens with one attached hydrogen (secondary N) is 1. The van der Waals surface area contributed by atoms with Gasteiger partial charge in [-0.15, -0.1) is 0 Å². The number of rotatable bonds is 5. The van der Waals surface area contributed by atoms with Crippen molar-refractivity contribution in [1.82, 2.24) is 9.97 Å². The van der Waals surface area contributed by atoms with E-state index in [1.54, 1.807) is 38.6 Å². The number of hydrogen-bond acceptors (Lipinski definition) is 6. The standard InChI is InChI=1S/C19H24N4O3/c1-13-8-9-20-19(21-13)23-10-4-5-14(12-23)18(24)22-16-11-15(25-2)6-7-17(16)26-3/h6-9,11,14H,4-5,10,12H2,1-3H3,(H,22,24)/t14-/m1/s1. The molecule has 1 saturated heterocycles. The molecule has 0 saturated carbocycles. The lowest BCUT2D eigenvalue weighted by Gasteiger charge is -2.32. The summed E-state index contributed by atoms with van der Waals surface area (Å²) in [5.74, 6) is 1.78. The fourth-order valence-corrected chi connectivity index (χ4v) is 3.11. The van der Waals surface area contributed by atoms with Gasteiger partial charge in [0.15, 0.2) is 0 Å². The van der Waals surface area contributed by atoms with E-state index in [1.165, 1.54) is 0 Å². The number of aromatic nitrogens is 2. The third-order valence-corrected chi connectivity index (χ3v) is 4.52. The molecule has 7 nitrogen and oxygen atoms in total. The van der Waals surface area contributed by atoms with Gasteiger partial charge in [-0.25, -0.2) is 9.97 Å². The molecular formula is C19H24N4O3. The Kier molecular flexibility index (Phi) is 5.55. The van der Waals surface area contributed by atoms with Gasteiger partial charge in [0.1, 0.15) is 11.5 Å². The molecule has 1 aromatic carbocycles. The third-order valence-electron chi connectivity index (χ3n) is 4.52. The summed E-state index contributed by atoms with van der Waals surface area (Å²) in [6.07, 6.45) is 3.51. The molecule has 3 rings (SSSR count). The van der Waals surface area contributed by atoms with Crippen molar-refractivity contribution in [3.63, 3.8) is 0 Å². The van der Waals surface area contributed by atoms with Gasteiger partial charge in [-0.1, -0.05) is 0 Å². The number of methoxy groups -OCH3 is 2. The minimum absolute atomic E-state index is 0.0334. The van der Waals surface area contributed by atoms with Crippen molar-refractivity contribution in [2.24, 2.45) is 5.92 Å². The van der Waals surface area contributed by atoms with E-state index in [4.69, 9.17) is 9.47 Å². The van der Waals surface area contributed by atoms with Gasteiger partial charge in [0, 0.05) is 31.0 Å². The van der Waals surface area contributed by atoms with E-state index < -0.39 is 0 Å². The molecule has 1 aromatic heterocycles. The lowest BCUT2D eigenvalue weighted by Crippen LogP contribution is -2.41. The van der Waals surface area contributed by atoms with E-state index in [-0.39, 0.29) is 11.8 Å². The average molecular weight is 356 g/mol. The molecule has 1 amide bonds. The molecular weight excluding hydrogens is 332 g/mol. The Hall–Kier alpha value is -2.83. The maximum atomic E-state index is 12.8. The number of hydrogen-bond donors (Lipinski definition) is 1. The molecule has 1 aliphatic rings. The first-order valence-electron chi connectivity index (χ1n) is 8.68. The van der Waals surface area contributed by atoms with Crippen LogP contribution in [0.25, 0.3) is 0 Å². The number of amides is 1. The highest BCUT2D eigenvalue weighted by molar-refractivity contribution is 5.94. The van der Waals surface area contributed by atoms with E-state index >= 15 is 0 Å².